The Morgan fingerprint density at radius 2 is 0.636 bits per heavy atom. The van der Waals surface area contributed by atoms with Gasteiger partial charge in [-0.05, 0) is 38.5 Å². The van der Waals surface area contributed by atoms with E-state index < -0.39 is 0 Å². The van der Waals surface area contributed by atoms with Crippen molar-refractivity contribution in [3.63, 3.8) is 0 Å². The first-order chi connectivity index (χ1) is 21.8. The maximum Gasteiger partial charge on any atom is 0.305 e. The summed E-state index contributed by atoms with van der Waals surface area (Å²) in [5.41, 5.74) is 0. The number of unbranched alkanes of at least 4 members (excludes halogenated alkanes) is 32. The SMILES string of the molecule is CCCCCCCCCCCCCCCCC/C=C\CCCCC(=O)OCCCCCCCCCCCCCCCCCC. The standard InChI is InChI=1S/C42H82O2/c1-3-5-7-9-11-13-15-17-19-21-22-23-24-25-26-28-30-32-34-36-38-40-42(43)44-41-39-37-35-33-31-29-27-20-18-16-14-12-10-8-6-4-2/h30,32H,3-29,31,33-41H2,1-2H3/b32-30-. The molecule has 44 heavy (non-hydrogen) atoms. The summed E-state index contributed by atoms with van der Waals surface area (Å²) in [5.74, 6) is 0.00717. The number of esters is 1. The Kier molecular flexibility index (Phi) is 39.5. The van der Waals surface area contributed by atoms with Crippen LogP contribution in [0.1, 0.15) is 245 Å². The van der Waals surface area contributed by atoms with Crippen LogP contribution in [0, 0.1) is 0 Å². The molecule has 0 atom stereocenters. The Balaban J connectivity index is 3.20. The Labute approximate surface area is 278 Å². The summed E-state index contributed by atoms with van der Waals surface area (Å²) in [6, 6.07) is 0. The number of ether oxygens (including phenoxy) is 1. The Bertz CT molecular complexity index is 554. The Hall–Kier alpha value is -0.790. The normalized spacial score (nSPS) is 11.6. The van der Waals surface area contributed by atoms with Crippen molar-refractivity contribution >= 4 is 5.97 Å². The zero-order valence-electron chi connectivity index (χ0n) is 30.6. The molecule has 0 spiro atoms. The van der Waals surface area contributed by atoms with Crippen LogP contribution in [0.4, 0.5) is 0 Å². The third-order valence-corrected chi connectivity index (χ3v) is 9.40. The molecule has 0 amide bonds. The highest BCUT2D eigenvalue weighted by molar-refractivity contribution is 5.69. The minimum Gasteiger partial charge on any atom is -0.466 e. The number of carbonyl (C=O) groups excluding carboxylic acids is 1. The van der Waals surface area contributed by atoms with Crippen molar-refractivity contribution in [3.05, 3.63) is 12.2 Å². The minimum atomic E-state index is 0.00717. The molecule has 0 heterocycles. The van der Waals surface area contributed by atoms with Gasteiger partial charge in [-0.1, -0.05) is 212 Å². The number of hydrogen-bond acceptors (Lipinski definition) is 2. The van der Waals surface area contributed by atoms with E-state index in [1.165, 1.54) is 199 Å². The van der Waals surface area contributed by atoms with E-state index in [1.54, 1.807) is 0 Å². The molecule has 0 radical (unpaired) electrons. The molecule has 0 bridgehead atoms. The van der Waals surface area contributed by atoms with Gasteiger partial charge in [0.15, 0.2) is 0 Å². The van der Waals surface area contributed by atoms with Gasteiger partial charge in [0.25, 0.3) is 0 Å². The third-order valence-electron chi connectivity index (χ3n) is 9.40. The van der Waals surface area contributed by atoms with E-state index in [-0.39, 0.29) is 5.97 Å². The second-order valence-corrected chi connectivity index (χ2v) is 14.0. The summed E-state index contributed by atoms with van der Waals surface area (Å²) >= 11 is 0. The van der Waals surface area contributed by atoms with Crippen LogP contribution >= 0.6 is 0 Å². The first-order valence-electron chi connectivity index (χ1n) is 20.6. The molecule has 0 aliphatic rings. The van der Waals surface area contributed by atoms with Crippen molar-refractivity contribution in [1.82, 2.24) is 0 Å². The predicted molar refractivity (Wildman–Crippen MR) is 198 cm³/mol. The Morgan fingerprint density at radius 3 is 0.977 bits per heavy atom. The molecular weight excluding hydrogens is 536 g/mol. The van der Waals surface area contributed by atoms with Gasteiger partial charge in [0, 0.05) is 6.42 Å². The maximum absolute atomic E-state index is 12.0. The van der Waals surface area contributed by atoms with Crippen molar-refractivity contribution in [2.45, 2.75) is 245 Å². The Morgan fingerprint density at radius 1 is 0.364 bits per heavy atom. The van der Waals surface area contributed by atoms with Crippen LogP contribution < -0.4 is 0 Å². The van der Waals surface area contributed by atoms with Gasteiger partial charge in [0.2, 0.25) is 0 Å². The lowest BCUT2D eigenvalue weighted by atomic mass is 10.0. The number of carbonyl (C=O) groups is 1. The lowest BCUT2D eigenvalue weighted by Gasteiger charge is -2.05. The summed E-state index contributed by atoms with van der Waals surface area (Å²) in [7, 11) is 0. The zero-order valence-corrected chi connectivity index (χ0v) is 30.6. The van der Waals surface area contributed by atoms with Crippen LogP contribution in [-0.4, -0.2) is 12.6 Å². The second kappa shape index (κ2) is 40.2. The van der Waals surface area contributed by atoms with Gasteiger partial charge < -0.3 is 4.74 Å². The smallest absolute Gasteiger partial charge is 0.305 e. The maximum atomic E-state index is 12.0. The first kappa shape index (κ1) is 43.2. The fourth-order valence-corrected chi connectivity index (χ4v) is 6.31. The molecule has 0 aliphatic carbocycles. The van der Waals surface area contributed by atoms with E-state index in [4.69, 9.17) is 4.74 Å². The summed E-state index contributed by atoms with van der Waals surface area (Å²) < 4.78 is 5.45. The van der Waals surface area contributed by atoms with Gasteiger partial charge in [0.05, 0.1) is 6.61 Å². The lowest BCUT2D eigenvalue weighted by Crippen LogP contribution is -2.05. The van der Waals surface area contributed by atoms with Crippen molar-refractivity contribution in [2.75, 3.05) is 6.61 Å². The molecule has 0 saturated heterocycles. The average Bonchev–Trinajstić information content (AvgIpc) is 3.03. The molecule has 0 aromatic heterocycles. The number of hydrogen-bond donors (Lipinski definition) is 0. The quantitative estimate of drug-likeness (QED) is 0.0391. The molecule has 0 saturated carbocycles. The first-order valence-corrected chi connectivity index (χ1v) is 20.6. The van der Waals surface area contributed by atoms with E-state index in [9.17, 15) is 4.79 Å². The summed E-state index contributed by atoms with van der Waals surface area (Å²) in [6.07, 6.45) is 53.0. The van der Waals surface area contributed by atoms with Gasteiger partial charge >= 0.3 is 5.97 Å². The molecule has 0 aliphatic heterocycles. The highest BCUT2D eigenvalue weighted by Crippen LogP contribution is 2.15. The molecule has 0 aromatic carbocycles. The molecule has 0 fully saturated rings. The summed E-state index contributed by atoms with van der Waals surface area (Å²) in [4.78, 5) is 12.0. The van der Waals surface area contributed by atoms with Gasteiger partial charge in [-0.25, -0.2) is 0 Å². The fraction of sp³-hybridized carbons (Fsp3) is 0.929. The molecular formula is C42H82O2. The van der Waals surface area contributed by atoms with Crippen molar-refractivity contribution in [1.29, 1.82) is 0 Å². The largest absolute Gasteiger partial charge is 0.466 e. The van der Waals surface area contributed by atoms with E-state index in [0.29, 0.717) is 13.0 Å². The molecule has 0 rings (SSSR count). The summed E-state index contributed by atoms with van der Waals surface area (Å²) in [5, 5.41) is 0. The van der Waals surface area contributed by atoms with Gasteiger partial charge in [-0.3, -0.25) is 4.79 Å². The fourth-order valence-electron chi connectivity index (χ4n) is 6.31. The van der Waals surface area contributed by atoms with Crippen LogP contribution in [-0.2, 0) is 9.53 Å². The van der Waals surface area contributed by atoms with Crippen LogP contribution in [0.5, 0.6) is 0 Å². The van der Waals surface area contributed by atoms with E-state index in [1.807, 2.05) is 0 Å². The van der Waals surface area contributed by atoms with Crippen LogP contribution in [0.3, 0.4) is 0 Å². The molecule has 262 valence electrons. The monoisotopic (exact) mass is 619 g/mol. The molecule has 0 unspecified atom stereocenters. The van der Waals surface area contributed by atoms with Crippen molar-refractivity contribution in [2.24, 2.45) is 0 Å². The van der Waals surface area contributed by atoms with Gasteiger partial charge in [-0.15, -0.1) is 0 Å². The van der Waals surface area contributed by atoms with Crippen molar-refractivity contribution in [3.8, 4) is 0 Å². The third kappa shape index (κ3) is 39.2. The lowest BCUT2D eigenvalue weighted by molar-refractivity contribution is -0.143. The predicted octanol–water partition coefficient (Wildman–Crippen LogP) is 15.2. The number of allylic oxidation sites excluding steroid dienone is 2. The topological polar surface area (TPSA) is 26.3 Å². The molecule has 2 nitrogen and oxygen atoms in total. The van der Waals surface area contributed by atoms with Crippen molar-refractivity contribution < 1.29 is 9.53 Å². The van der Waals surface area contributed by atoms with Gasteiger partial charge in [-0.2, -0.15) is 0 Å². The zero-order chi connectivity index (χ0) is 31.9. The van der Waals surface area contributed by atoms with Crippen LogP contribution in [0.15, 0.2) is 12.2 Å². The number of rotatable bonds is 38. The van der Waals surface area contributed by atoms with E-state index in [0.717, 1.165) is 25.7 Å². The molecule has 0 aromatic rings. The van der Waals surface area contributed by atoms with Crippen LogP contribution in [0.2, 0.25) is 0 Å². The average molecular weight is 619 g/mol. The van der Waals surface area contributed by atoms with E-state index >= 15 is 0 Å². The minimum absolute atomic E-state index is 0.00717. The van der Waals surface area contributed by atoms with Gasteiger partial charge in [0.1, 0.15) is 0 Å². The highest BCUT2D eigenvalue weighted by atomic mass is 16.5. The molecule has 0 N–H and O–H groups in total. The summed E-state index contributed by atoms with van der Waals surface area (Å²) in [6.45, 7) is 5.21. The van der Waals surface area contributed by atoms with Crippen LogP contribution in [0.25, 0.3) is 0 Å². The highest BCUT2D eigenvalue weighted by Gasteiger charge is 2.02. The van der Waals surface area contributed by atoms with E-state index in [2.05, 4.69) is 26.0 Å². The molecule has 2 heteroatoms. The second-order valence-electron chi connectivity index (χ2n) is 14.0.